The SMILES string of the molecule is O=C(Nc1cccc(C(=O)O)c1)/C(=C\c1ccccc1)NC(=O)c1ccc(Br)cc1. The summed E-state index contributed by atoms with van der Waals surface area (Å²) in [6.07, 6.45) is 1.55. The third-order valence-corrected chi connectivity index (χ3v) is 4.61. The van der Waals surface area contributed by atoms with Crippen LogP contribution < -0.4 is 10.6 Å². The zero-order valence-corrected chi connectivity index (χ0v) is 17.2. The summed E-state index contributed by atoms with van der Waals surface area (Å²) < 4.78 is 0.829. The lowest BCUT2D eigenvalue weighted by atomic mass is 10.1. The molecule has 0 aliphatic carbocycles. The minimum atomic E-state index is -1.10. The number of halogens is 1. The van der Waals surface area contributed by atoms with E-state index in [0.717, 1.165) is 10.0 Å². The van der Waals surface area contributed by atoms with Gasteiger partial charge in [-0.05, 0) is 54.1 Å². The Morgan fingerprint density at radius 3 is 2.20 bits per heavy atom. The Morgan fingerprint density at radius 1 is 0.833 bits per heavy atom. The number of hydrogen-bond donors (Lipinski definition) is 3. The van der Waals surface area contributed by atoms with Crippen LogP contribution in [0.4, 0.5) is 5.69 Å². The molecule has 0 saturated carbocycles. The number of carboxylic acid groups (broad SMARTS) is 1. The molecule has 150 valence electrons. The molecule has 0 fully saturated rings. The van der Waals surface area contributed by atoms with Crippen molar-refractivity contribution in [1.82, 2.24) is 5.32 Å². The van der Waals surface area contributed by atoms with Gasteiger partial charge in [-0.1, -0.05) is 52.3 Å². The molecular formula is C23H17BrN2O4. The number of carbonyl (C=O) groups excluding carboxylic acids is 2. The van der Waals surface area contributed by atoms with E-state index in [1.807, 2.05) is 18.2 Å². The Labute approximate surface area is 181 Å². The molecule has 0 radical (unpaired) electrons. The summed E-state index contributed by atoms with van der Waals surface area (Å²) in [6.45, 7) is 0. The number of nitrogens with one attached hydrogen (secondary N) is 2. The van der Waals surface area contributed by atoms with Crippen LogP contribution in [0.15, 0.2) is 89.0 Å². The molecule has 0 aromatic heterocycles. The van der Waals surface area contributed by atoms with Gasteiger partial charge < -0.3 is 15.7 Å². The van der Waals surface area contributed by atoms with E-state index in [2.05, 4.69) is 26.6 Å². The maximum absolute atomic E-state index is 12.9. The summed E-state index contributed by atoms with van der Waals surface area (Å²) in [7, 11) is 0. The minimum absolute atomic E-state index is 0.0230. The molecule has 6 nitrogen and oxygen atoms in total. The summed E-state index contributed by atoms with van der Waals surface area (Å²) in [5, 5.41) is 14.4. The van der Waals surface area contributed by atoms with Gasteiger partial charge >= 0.3 is 5.97 Å². The summed E-state index contributed by atoms with van der Waals surface area (Å²) in [5.41, 5.74) is 1.47. The second-order valence-corrected chi connectivity index (χ2v) is 7.19. The van der Waals surface area contributed by atoms with Gasteiger partial charge in [0.15, 0.2) is 0 Å². The van der Waals surface area contributed by atoms with Gasteiger partial charge in [0.2, 0.25) is 0 Å². The van der Waals surface area contributed by atoms with Crippen molar-refractivity contribution in [3.05, 3.63) is 106 Å². The molecule has 0 saturated heterocycles. The predicted molar refractivity (Wildman–Crippen MR) is 118 cm³/mol. The van der Waals surface area contributed by atoms with Crippen molar-refractivity contribution in [2.24, 2.45) is 0 Å². The first-order chi connectivity index (χ1) is 14.4. The topological polar surface area (TPSA) is 95.5 Å². The van der Waals surface area contributed by atoms with Gasteiger partial charge in [-0.3, -0.25) is 9.59 Å². The van der Waals surface area contributed by atoms with E-state index < -0.39 is 17.8 Å². The third-order valence-electron chi connectivity index (χ3n) is 4.08. The molecule has 30 heavy (non-hydrogen) atoms. The fourth-order valence-electron chi connectivity index (χ4n) is 2.60. The highest BCUT2D eigenvalue weighted by atomic mass is 79.9. The lowest BCUT2D eigenvalue weighted by Gasteiger charge is -2.12. The van der Waals surface area contributed by atoms with Gasteiger partial charge in [0.1, 0.15) is 5.70 Å². The summed E-state index contributed by atoms with van der Waals surface area (Å²) >= 11 is 3.32. The monoisotopic (exact) mass is 464 g/mol. The van der Waals surface area contributed by atoms with Gasteiger partial charge in [-0.15, -0.1) is 0 Å². The number of amides is 2. The molecule has 3 aromatic carbocycles. The normalized spacial score (nSPS) is 10.9. The predicted octanol–water partition coefficient (Wildman–Crippen LogP) is 4.56. The van der Waals surface area contributed by atoms with Crippen molar-refractivity contribution < 1.29 is 19.5 Å². The Kier molecular flexibility index (Phi) is 6.77. The molecule has 7 heteroatoms. The lowest BCUT2D eigenvalue weighted by molar-refractivity contribution is -0.113. The van der Waals surface area contributed by atoms with Crippen LogP contribution in [0.2, 0.25) is 0 Å². The van der Waals surface area contributed by atoms with Gasteiger partial charge in [-0.25, -0.2) is 4.79 Å². The molecule has 0 aliphatic heterocycles. The first kappa shape index (κ1) is 21.0. The molecule has 3 rings (SSSR count). The fraction of sp³-hybridized carbons (Fsp3) is 0. The number of carboxylic acids is 1. The van der Waals surface area contributed by atoms with E-state index in [1.165, 1.54) is 18.2 Å². The number of anilines is 1. The fourth-order valence-corrected chi connectivity index (χ4v) is 2.86. The molecule has 0 bridgehead atoms. The average molecular weight is 465 g/mol. The zero-order valence-electron chi connectivity index (χ0n) is 15.6. The molecular weight excluding hydrogens is 448 g/mol. The second-order valence-electron chi connectivity index (χ2n) is 6.27. The van der Waals surface area contributed by atoms with Crippen molar-refractivity contribution in [3.8, 4) is 0 Å². The molecule has 0 heterocycles. The number of hydrogen-bond acceptors (Lipinski definition) is 3. The third kappa shape index (κ3) is 5.65. The maximum Gasteiger partial charge on any atom is 0.335 e. The maximum atomic E-state index is 12.9. The lowest BCUT2D eigenvalue weighted by Crippen LogP contribution is -2.30. The molecule has 2 amide bonds. The van der Waals surface area contributed by atoms with Crippen LogP contribution >= 0.6 is 15.9 Å². The summed E-state index contributed by atoms with van der Waals surface area (Å²) in [6, 6.07) is 21.7. The Morgan fingerprint density at radius 2 is 1.53 bits per heavy atom. The van der Waals surface area contributed by atoms with Crippen LogP contribution in [0.1, 0.15) is 26.3 Å². The Hall–Kier alpha value is -3.71. The van der Waals surface area contributed by atoms with Crippen molar-refractivity contribution in [3.63, 3.8) is 0 Å². The van der Waals surface area contributed by atoms with E-state index in [9.17, 15) is 14.4 Å². The van der Waals surface area contributed by atoms with Gasteiger partial charge in [0.05, 0.1) is 5.56 Å². The second kappa shape index (κ2) is 9.67. The molecule has 0 aliphatic rings. The first-order valence-corrected chi connectivity index (χ1v) is 9.70. The van der Waals surface area contributed by atoms with Crippen molar-refractivity contribution in [2.45, 2.75) is 0 Å². The van der Waals surface area contributed by atoms with Crippen LogP contribution in [0.5, 0.6) is 0 Å². The van der Waals surface area contributed by atoms with Crippen LogP contribution in [0, 0.1) is 0 Å². The van der Waals surface area contributed by atoms with Crippen LogP contribution in [0.3, 0.4) is 0 Å². The quantitative estimate of drug-likeness (QED) is 0.466. The Bertz CT molecular complexity index is 1110. The molecule has 3 N–H and O–H groups in total. The highest BCUT2D eigenvalue weighted by molar-refractivity contribution is 9.10. The molecule has 0 unspecified atom stereocenters. The van der Waals surface area contributed by atoms with E-state index in [4.69, 9.17) is 5.11 Å². The van der Waals surface area contributed by atoms with E-state index in [0.29, 0.717) is 11.3 Å². The standard InChI is InChI=1S/C23H17BrN2O4/c24-18-11-9-16(10-12-18)21(27)26-20(13-15-5-2-1-3-6-15)22(28)25-19-8-4-7-17(14-19)23(29)30/h1-14H,(H,25,28)(H,26,27)(H,29,30)/b20-13+. The number of rotatable bonds is 6. The largest absolute Gasteiger partial charge is 0.478 e. The number of aromatic carboxylic acids is 1. The van der Waals surface area contributed by atoms with Crippen molar-refractivity contribution >= 4 is 45.5 Å². The highest BCUT2D eigenvalue weighted by Gasteiger charge is 2.16. The Balaban J connectivity index is 1.87. The van der Waals surface area contributed by atoms with Crippen molar-refractivity contribution in [2.75, 3.05) is 5.32 Å². The zero-order chi connectivity index (χ0) is 21.5. The van der Waals surface area contributed by atoms with Gasteiger partial charge in [0.25, 0.3) is 11.8 Å². The molecule has 3 aromatic rings. The highest BCUT2D eigenvalue weighted by Crippen LogP contribution is 2.14. The average Bonchev–Trinajstić information content (AvgIpc) is 2.74. The van der Waals surface area contributed by atoms with Crippen LogP contribution in [0.25, 0.3) is 6.08 Å². The molecule has 0 spiro atoms. The number of benzene rings is 3. The van der Waals surface area contributed by atoms with E-state index >= 15 is 0 Å². The summed E-state index contributed by atoms with van der Waals surface area (Å²) in [5.74, 6) is -2.12. The molecule has 0 atom stereocenters. The van der Waals surface area contributed by atoms with Crippen molar-refractivity contribution in [1.29, 1.82) is 0 Å². The minimum Gasteiger partial charge on any atom is -0.478 e. The van der Waals surface area contributed by atoms with E-state index in [1.54, 1.807) is 48.5 Å². The van der Waals surface area contributed by atoms with Gasteiger partial charge in [0, 0.05) is 15.7 Å². The van der Waals surface area contributed by atoms with E-state index in [-0.39, 0.29) is 11.3 Å². The number of carbonyl (C=O) groups is 3. The van der Waals surface area contributed by atoms with Gasteiger partial charge in [-0.2, -0.15) is 0 Å². The first-order valence-electron chi connectivity index (χ1n) is 8.91. The van der Waals surface area contributed by atoms with Crippen LogP contribution in [-0.2, 0) is 4.79 Å². The van der Waals surface area contributed by atoms with Crippen LogP contribution in [-0.4, -0.2) is 22.9 Å². The summed E-state index contributed by atoms with van der Waals surface area (Å²) in [4.78, 5) is 36.7. The smallest absolute Gasteiger partial charge is 0.335 e.